The number of anilines is 2. The van der Waals surface area contributed by atoms with Gasteiger partial charge in [-0.1, -0.05) is 0 Å². The Morgan fingerprint density at radius 1 is 1.03 bits per heavy atom. The van der Waals surface area contributed by atoms with E-state index in [0.29, 0.717) is 25.0 Å². The molecule has 3 aromatic heterocycles. The standard InChI is InChI=1S/C21H22F3N7O/c22-21(23,24)15-1-4-25-17(7-15)30-12-20(13-30)2-5-29(6-3-20)19-26-8-14-9-27-31(18(14)28-19)16-10-32-11-16/h1,4,7-9,16H,2-3,5-6,10-13H2. The fraction of sp³-hybridized carbons (Fsp3) is 0.524. The van der Waals surface area contributed by atoms with Crippen molar-refractivity contribution < 1.29 is 17.9 Å². The topological polar surface area (TPSA) is 72.2 Å². The molecule has 0 N–H and O–H groups in total. The van der Waals surface area contributed by atoms with Gasteiger partial charge in [-0.2, -0.15) is 23.3 Å². The van der Waals surface area contributed by atoms with Gasteiger partial charge < -0.3 is 14.5 Å². The van der Waals surface area contributed by atoms with Crippen molar-refractivity contribution in [3.63, 3.8) is 0 Å². The Bertz CT molecular complexity index is 1140. The molecule has 0 aliphatic carbocycles. The van der Waals surface area contributed by atoms with Crippen molar-refractivity contribution in [1.29, 1.82) is 0 Å². The van der Waals surface area contributed by atoms with E-state index in [9.17, 15) is 13.2 Å². The lowest BCUT2D eigenvalue weighted by atomic mass is 9.72. The molecule has 0 aromatic carbocycles. The second-order valence-corrected chi connectivity index (χ2v) is 8.97. The zero-order chi connectivity index (χ0) is 21.9. The molecule has 0 radical (unpaired) electrons. The van der Waals surface area contributed by atoms with E-state index in [2.05, 4.69) is 20.0 Å². The minimum absolute atomic E-state index is 0.113. The third-order valence-electron chi connectivity index (χ3n) is 6.84. The Balaban J connectivity index is 1.12. The number of alkyl halides is 3. The summed E-state index contributed by atoms with van der Waals surface area (Å²) in [5.41, 5.74) is 0.286. The maximum absolute atomic E-state index is 13.0. The minimum atomic E-state index is -4.35. The molecule has 11 heteroatoms. The number of hydrogen-bond acceptors (Lipinski definition) is 7. The van der Waals surface area contributed by atoms with Gasteiger partial charge >= 0.3 is 6.18 Å². The summed E-state index contributed by atoms with van der Waals surface area (Å²) < 4.78 is 46.2. The Kier molecular flexibility index (Phi) is 4.33. The van der Waals surface area contributed by atoms with Crippen molar-refractivity contribution in [2.24, 2.45) is 5.41 Å². The van der Waals surface area contributed by atoms with Crippen LogP contribution in [0.3, 0.4) is 0 Å². The average Bonchev–Trinajstić information content (AvgIpc) is 3.13. The molecule has 0 atom stereocenters. The van der Waals surface area contributed by atoms with Crippen molar-refractivity contribution in [3.05, 3.63) is 36.3 Å². The van der Waals surface area contributed by atoms with Crippen LogP contribution in [0.15, 0.2) is 30.7 Å². The molecule has 0 saturated carbocycles. The number of piperidine rings is 1. The third-order valence-corrected chi connectivity index (χ3v) is 6.84. The van der Waals surface area contributed by atoms with Crippen molar-refractivity contribution in [1.82, 2.24) is 24.7 Å². The minimum Gasteiger partial charge on any atom is -0.377 e. The number of rotatable bonds is 3. The Labute approximate surface area is 182 Å². The number of halogens is 3. The van der Waals surface area contributed by atoms with E-state index in [0.717, 1.165) is 62.2 Å². The molecule has 0 amide bonds. The summed E-state index contributed by atoms with van der Waals surface area (Å²) in [4.78, 5) is 17.6. The van der Waals surface area contributed by atoms with Crippen molar-refractivity contribution in [3.8, 4) is 0 Å². The summed E-state index contributed by atoms with van der Waals surface area (Å²) in [5, 5.41) is 5.36. The predicted molar refractivity (Wildman–Crippen MR) is 111 cm³/mol. The summed E-state index contributed by atoms with van der Waals surface area (Å²) >= 11 is 0. The van der Waals surface area contributed by atoms with Crippen LogP contribution in [0.5, 0.6) is 0 Å². The average molecular weight is 445 g/mol. The van der Waals surface area contributed by atoms with Crippen molar-refractivity contribution in [2.45, 2.75) is 25.1 Å². The number of hydrogen-bond donors (Lipinski definition) is 0. The second kappa shape index (κ2) is 7.03. The summed E-state index contributed by atoms with van der Waals surface area (Å²) in [7, 11) is 0. The highest BCUT2D eigenvalue weighted by molar-refractivity contribution is 5.74. The first-order valence-electron chi connectivity index (χ1n) is 10.7. The van der Waals surface area contributed by atoms with Crippen LogP contribution in [0.25, 0.3) is 11.0 Å². The van der Waals surface area contributed by atoms with Gasteiger partial charge in [0.1, 0.15) is 11.9 Å². The van der Waals surface area contributed by atoms with Gasteiger partial charge in [0.2, 0.25) is 5.95 Å². The quantitative estimate of drug-likeness (QED) is 0.614. The largest absolute Gasteiger partial charge is 0.416 e. The number of aromatic nitrogens is 5. The smallest absolute Gasteiger partial charge is 0.377 e. The van der Waals surface area contributed by atoms with Gasteiger partial charge in [-0.15, -0.1) is 0 Å². The molecular weight excluding hydrogens is 423 g/mol. The van der Waals surface area contributed by atoms with E-state index >= 15 is 0 Å². The highest BCUT2D eigenvalue weighted by atomic mass is 19.4. The number of nitrogens with zero attached hydrogens (tertiary/aromatic N) is 7. The van der Waals surface area contributed by atoms with Crippen LogP contribution < -0.4 is 9.80 Å². The van der Waals surface area contributed by atoms with Gasteiger partial charge in [0.05, 0.1) is 30.4 Å². The van der Waals surface area contributed by atoms with Gasteiger partial charge in [0.15, 0.2) is 5.65 Å². The molecular formula is C21H22F3N7O. The van der Waals surface area contributed by atoms with Crippen LogP contribution in [0, 0.1) is 5.41 Å². The molecule has 0 unspecified atom stereocenters. The molecule has 0 bridgehead atoms. The summed E-state index contributed by atoms with van der Waals surface area (Å²) in [5.74, 6) is 1.10. The molecule has 3 aromatic rings. The second-order valence-electron chi connectivity index (χ2n) is 8.97. The van der Waals surface area contributed by atoms with Gasteiger partial charge in [-0.25, -0.2) is 14.6 Å². The lowest BCUT2D eigenvalue weighted by molar-refractivity contribution is -0.137. The molecule has 3 aliphatic heterocycles. The van der Waals surface area contributed by atoms with Gasteiger partial charge in [0.25, 0.3) is 0 Å². The number of ether oxygens (including phenoxy) is 1. The van der Waals surface area contributed by atoms with Crippen molar-refractivity contribution in [2.75, 3.05) is 49.2 Å². The van der Waals surface area contributed by atoms with Gasteiger partial charge in [0, 0.05) is 44.0 Å². The van der Waals surface area contributed by atoms with Gasteiger partial charge in [-0.05, 0) is 25.0 Å². The SMILES string of the molecule is FC(F)(F)c1ccnc(N2CC3(CCN(c4ncc5cnn(C6COC6)c5n4)CC3)C2)c1. The van der Waals surface area contributed by atoms with Crippen LogP contribution in [0.1, 0.15) is 24.4 Å². The van der Waals surface area contributed by atoms with Crippen LogP contribution in [-0.2, 0) is 10.9 Å². The number of fused-ring (bicyclic) bond motifs is 1. The van der Waals surface area contributed by atoms with Crippen LogP contribution in [0.2, 0.25) is 0 Å². The summed E-state index contributed by atoms with van der Waals surface area (Å²) in [6.07, 6.45) is 2.37. The molecule has 168 valence electrons. The summed E-state index contributed by atoms with van der Waals surface area (Å²) in [6, 6.07) is 2.38. The molecule has 1 spiro atoms. The lowest BCUT2D eigenvalue weighted by Crippen LogP contribution is -2.61. The molecule has 8 nitrogen and oxygen atoms in total. The van der Waals surface area contributed by atoms with Crippen LogP contribution >= 0.6 is 0 Å². The van der Waals surface area contributed by atoms with E-state index in [1.807, 2.05) is 15.8 Å². The van der Waals surface area contributed by atoms with E-state index < -0.39 is 11.7 Å². The molecule has 3 aliphatic rings. The molecule has 3 fully saturated rings. The highest BCUT2D eigenvalue weighted by Gasteiger charge is 2.46. The Morgan fingerprint density at radius 3 is 2.50 bits per heavy atom. The van der Waals surface area contributed by atoms with Gasteiger partial charge in [-0.3, -0.25) is 0 Å². The normalized spacial score (nSPS) is 21.1. The Hall–Kier alpha value is -2.95. The first-order chi connectivity index (χ1) is 15.4. The molecule has 3 saturated heterocycles. The first-order valence-corrected chi connectivity index (χ1v) is 10.7. The molecule has 6 heterocycles. The van der Waals surface area contributed by atoms with E-state index in [4.69, 9.17) is 9.72 Å². The zero-order valence-electron chi connectivity index (χ0n) is 17.3. The number of pyridine rings is 1. The molecule has 6 rings (SSSR count). The lowest BCUT2D eigenvalue weighted by Gasteiger charge is -2.54. The fourth-order valence-electron chi connectivity index (χ4n) is 4.80. The van der Waals surface area contributed by atoms with E-state index in [1.165, 1.54) is 6.20 Å². The maximum atomic E-state index is 13.0. The molecule has 32 heavy (non-hydrogen) atoms. The first kappa shape index (κ1) is 19.7. The fourth-order valence-corrected chi connectivity index (χ4v) is 4.80. The predicted octanol–water partition coefficient (Wildman–Crippen LogP) is 2.92. The van der Waals surface area contributed by atoms with E-state index in [-0.39, 0.29) is 11.5 Å². The van der Waals surface area contributed by atoms with Crippen LogP contribution in [-0.4, -0.2) is 64.1 Å². The zero-order valence-corrected chi connectivity index (χ0v) is 17.3. The highest BCUT2D eigenvalue weighted by Crippen LogP contribution is 2.43. The monoisotopic (exact) mass is 445 g/mol. The third kappa shape index (κ3) is 3.26. The Morgan fingerprint density at radius 2 is 1.81 bits per heavy atom. The van der Waals surface area contributed by atoms with E-state index in [1.54, 1.807) is 6.20 Å². The van der Waals surface area contributed by atoms with Crippen molar-refractivity contribution >= 4 is 22.8 Å². The van der Waals surface area contributed by atoms with Crippen LogP contribution in [0.4, 0.5) is 24.9 Å². The summed E-state index contributed by atoms with van der Waals surface area (Å²) in [6.45, 7) is 4.39. The maximum Gasteiger partial charge on any atom is 0.416 e.